The van der Waals surface area contributed by atoms with E-state index in [4.69, 9.17) is 4.42 Å². The van der Waals surface area contributed by atoms with E-state index in [9.17, 15) is 9.59 Å². The summed E-state index contributed by atoms with van der Waals surface area (Å²) in [4.78, 5) is 27.2. The molecule has 2 amide bonds. The fourth-order valence-corrected chi connectivity index (χ4v) is 6.88. The molecule has 2 aromatic heterocycles. The van der Waals surface area contributed by atoms with Crippen molar-refractivity contribution >= 4 is 50.1 Å². The van der Waals surface area contributed by atoms with Crippen LogP contribution in [0, 0.1) is 0 Å². The van der Waals surface area contributed by atoms with Gasteiger partial charge < -0.3 is 19.6 Å². The standard InChI is InChI=1S/C38H38N4O3/c1-24(42-17-14-26(15-18-42)27-7-6-8-31(20-27)40-25(2)43)23-39-38(44)36-22-30-21-34(32-9-4-5-10-33(32)37(30)45-36)28-11-12-35-29(19-28)13-16-41(35)3/h4-13,16,19-22,24,26H,14-15,17-18,23H2,1-3H3,(H,39,44)(H,40,43). The highest BCUT2D eigenvalue weighted by Gasteiger charge is 2.25. The number of anilines is 1. The Balaban J connectivity index is 1.04. The molecule has 0 saturated carbocycles. The molecular weight excluding hydrogens is 560 g/mol. The van der Waals surface area contributed by atoms with E-state index in [0.717, 1.165) is 64.5 Å². The minimum atomic E-state index is -0.195. The third-order valence-corrected chi connectivity index (χ3v) is 9.33. The number of aryl methyl sites for hydroxylation is 1. The molecule has 4 aromatic carbocycles. The molecule has 7 rings (SSSR count). The van der Waals surface area contributed by atoms with Crippen LogP contribution in [0.25, 0.3) is 43.8 Å². The van der Waals surface area contributed by atoms with Crippen molar-refractivity contribution in [1.82, 2.24) is 14.8 Å². The topological polar surface area (TPSA) is 79.5 Å². The van der Waals surface area contributed by atoms with Gasteiger partial charge in [0.15, 0.2) is 5.76 Å². The molecule has 1 fully saturated rings. The molecule has 1 unspecified atom stereocenters. The smallest absolute Gasteiger partial charge is 0.287 e. The number of amides is 2. The number of rotatable bonds is 7. The van der Waals surface area contributed by atoms with Gasteiger partial charge in [0.05, 0.1) is 0 Å². The molecule has 1 saturated heterocycles. The maximum absolute atomic E-state index is 13.3. The molecular formula is C38H38N4O3. The van der Waals surface area contributed by atoms with E-state index in [-0.39, 0.29) is 17.9 Å². The number of furan rings is 1. The number of nitrogens with zero attached hydrogens (tertiary/aromatic N) is 2. The molecule has 2 N–H and O–H groups in total. The fourth-order valence-electron chi connectivity index (χ4n) is 6.88. The number of carbonyl (C=O) groups is 2. The number of piperidine rings is 1. The zero-order chi connectivity index (χ0) is 31.1. The SMILES string of the molecule is CC(=O)Nc1cccc(C2CCN(C(C)CNC(=O)c3cc4cc(-c5ccc6c(ccn6C)c5)c5ccccc5c4o3)CC2)c1. The Bertz CT molecular complexity index is 2050. The second-order valence-corrected chi connectivity index (χ2v) is 12.4. The van der Waals surface area contributed by atoms with E-state index in [2.05, 4.69) is 94.9 Å². The van der Waals surface area contributed by atoms with Crippen molar-refractivity contribution < 1.29 is 14.0 Å². The van der Waals surface area contributed by atoms with Gasteiger partial charge in [-0.1, -0.05) is 42.5 Å². The molecule has 228 valence electrons. The second-order valence-electron chi connectivity index (χ2n) is 12.4. The lowest BCUT2D eigenvalue weighted by Gasteiger charge is -2.36. The van der Waals surface area contributed by atoms with Gasteiger partial charge in [0, 0.05) is 60.1 Å². The van der Waals surface area contributed by atoms with Crippen LogP contribution >= 0.6 is 0 Å². The Morgan fingerprint density at radius 3 is 2.51 bits per heavy atom. The van der Waals surface area contributed by atoms with E-state index in [1.165, 1.54) is 23.4 Å². The summed E-state index contributed by atoms with van der Waals surface area (Å²) in [6, 6.07) is 29.3. The quantitative estimate of drug-likeness (QED) is 0.197. The van der Waals surface area contributed by atoms with E-state index in [1.807, 2.05) is 30.3 Å². The minimum absolute atomic E-state index is 0.0559. The predicted molar refractivity (Wildman–Crippen MR) is 182 cm³/mol. The van der Waals surface area contributed by atoms with Gasteiger partial charge in [-0.3, -0.25) is 14.5 Å². The lowest BCUT2D eigenvalue weighted by molar-refractivity contribution is -0.114. The summed E-state index contributed by atoms with van der Waals surface area (Å²) in [6.07, 6.45) is 4.16. The number of benzene rings is 4. The fraction of sp³-hybridized carbons (Fsp3) is 0.263. The van der Waals surface area contributed by atoms with Gasteiger partial charge in [-0.15, -0.1) is 0 Å². The Morgan fingerprint density at radius 1 is 0.911 bits per heavy atom. The Kier molecular flexibility index (Phi) is 7.63. The highest BCUT2D eigenvalue weighted by Crippen LogP contribution is 2.37. The van der Waals surface area contributed by atoms with E-state index >= 15 is 0 Å². The molecule has 1 aliphatic rings. The Labute approximate surface area is 262 Å². The van der Waals surface area contributed by atoms with Gasteiger partial charge in [0.25, 0.3) is 5.91 Å². The van der Waals surface area contributed by atoms with Crippen molar-refractivity contribution in [2.24, 2.45) is 7.05 Å². The van der Waals surface area contributed by atoms with E-state index < -0.39 is 0 Å². The van der Waals surface area contributed by atoms with Crippen LogP contribution in [0.15, 0.2) is 95.5 Å². The summed E-state index contributed by atoms with van der Waals surface area (Å²) < 4.78 is 8.35. The van der Waals surface area contributed by atoms with E-state index in [0.29, 0.717) is 18.2 Å². The minimum Gasteiger partial charge on any atom is -0.450 e. The van der Waals surface area contributed by atoms with Crippen LogP contribution in [-0.2, 0) is 11.8 Å². The average molecular weight is 599 g/mol. The van der Waals surface area contributed by atoms with Crippen molar-refractivity contribution in [3.8, 4) is 11.1 Å². The molecule has 7 nitrogen and oxygen atoms in total. The van der Waals surface area contributed by atoms with Gasteiger partial charge in [-0.25, -0.2) is 0 Å². The van der Waals surface area contributed by atoms with Crippen molar-refractivity contribution in [2.75, 3.05) is 25.0 Å². The molecule has 45 heavy (non-hydrogen) atoms. The molecule has 0 aliphatic carbocycles. The summed E-state index contributed by atoms with van der Waals surface area (Å²) >= 11 is 0. The highest BCUT2D eigenvalue weighted by molar-refractivity contribution is 6.13. The lowest BCUT2D eigenvalue weighted by Crippen LogP contribution is -2.45. The van der Waals surface area contributed by atoms with Crippen LogP contribution in [0.5, 0.6) is 0 Å². The normalized spacial score (nSPS) is 15.1. The number of carbonyl (C=O) groups excluding carboxylic acids is 2. The molecule has 6 aromatic rings. The first-order valence-electron chi connectivity index (χ1n) is 15.7. The zero-order valence-corrected chi connectivity index (χ0v) is 26.0. The van der Waals surface area contributed by atoms with Crippen LogP contribution in [-0.4, -0.2) is 47.0 Å². The third-order valence-electron chi connectivity index (χ3n) is 9.33. The Morgan fingerprint density at radius 2 is 1.71 bits per heavy atom. The number of nitrogens with one attached hydrogen (secondary N) is 2. The first-order valence-corrected chi connectivity index (χ1v) is 15.7. The number of likely N-dealkylation sites (tertiary alicyclic amines) is 1. The van der Waals surface area contributed by atoms with Gasteiger partial charge in [-0.05, 0) is 103 Å². The average Bonchev–Trinajstić information content (AvgIpc) is 3.66. The zero-order valence-electron chi connectivity index (χ0n) is 26.0. The van der Waals surface area contributed by atoms with Crippen LogP contribution in [0.2, 0.25) is 0 Å². The molecule has 1 atom stereocenters. The summed E-state index contributed by atoms with van der Waals surface area (Å²) in [5.41, 5.74) is 6.30. The summed E-state index contributed by atoms with van der Waals surface area (Å²) in [5, 5.41) is 10.2. The summed E-state index contributed by atoms with van der Waals surface area (Å²) in [7, 11) is 2.06. The lowest BCUT2D eigenvalue weighted by atomic mass is 9.88. The largest absolute Gasteiger partial charge is 0.450 e. The van der Waals surface area contributed by atoms with Gasteiger partial charge in [0.2, 0.25) is 5.91 Å². The maximum Gasteiger partial charge on any atom is 0.287 e. The predicted octanol–water partition coefficient (Wildman–Crippen LogP) is 7.70. The monoisotopic (exact) mass is 598 g/mol. The van der Waals surface area contributed by atoms with Gasteiger partial charge in [-0.2, -0.15) is 0 Å². The van der Waals surface area contributed by atoms with Crippen LogP contribution in [0.4, 0.5) is 5.69 Å². The van der Waals surface area contributed by atoms with Crippen molar-refractivity contribution in [1.29, 1.82) is 0 Å². The summed E-state index contributed by atoms with van der Waals surface area (Å²) in [5.74, 6) is 0.538. The van der Waals surface area contributed by atoms with Crippen molar-refractivity contribution in [3.63, 3.8) is 0 Å². The van der Waals surface area contributed by atoms with Crippen LogP contribution in [0.1, 0.15) is 48.7 Å². The Hall–Kier alpha value is -4.88. The molecule has 1 aliphatic heterocycles. The molecule has 7 heteroatoms. The number of hydrogen-bond acceptors (Lipinski definition) is 4. The molecule has 0 bridgehead atoms. The van der Waals surface area contributed by atoms with Crippen molar-refractivity contribution in [2.45, 2.75) is 38.6 Å². The van der Waals surface area contributed by atoms with Crippen LogP contribution in [0.3, 0.4) is 0 Å². The second kappa shape index (κ2) is 11.9. The summed E-state index contributed by atoms with van der Waals surface area (Å²) in [6.45, 7) is 6.16. The maximum atomic E-state index is 13.3. The van der Waals surface area contributed by atoms with Crippen molar-refractivity contribution in [3.05, 3.63) is 102 Å². The van der Waals surface area contributed by atoms with Gasteiger partial charge >= 0.3 is 0 Å². The first-order chi connectivity index (χ1) is 21.8. The number of aromatic nitrogens is 1. The van der Waals surface area contributed by atoms with Crippen LogP contribution < -0.4 is 10.6 Å². The molecule has 3 heterocycles. The molecule has 0 spiro atoms. The highest BCUT2D eigenvalue weighted by atomic mass is 16.3. The third kappa shape index (κ3) is 5.71. The molecule has 0 radical (unpaired) electrons. The van der Waals surface area contributed by atoms with Gasteiger partial charge in [0.1, 0.15) is 5.58 Å². The van der Waals surface area contributed by atoms with E-state index in [1.54, 1.807) is 0 Å². The number of hydrogen-bond donors (Lipinski definition) is 2. The number of fused-ring (bicyclic) bond motifs is 4. The first kappa shape index (κ1) is 28.9.